The maximum atomic E-state index is 12.1. The summed E-state index contributed by atoms with van der Waals surface area (Å²) >= 11 is 0. The van der Waals surface area contributed by atoms with Gasteiger partial charge in [-0.25, -0.2) is 9.97 Å². The molecule has 21 heavy (non-hydrogen) atoms. The molecule has 0 radical (unpaired) electrons. The first-order valence-electron chi connectivity index (χ1n) is 7.00. The predicted octanol–water partition coefficient (Wildman–Crippen LogP) is 1.65. The quantitative estimate of drug-likeness (QED) is 0.873. The van der Waals surface area contributed by atoms with E-state index in [1.807, 2.05) is 36.9 Å². The second kappa shape index (κ2) is 7.33. The highest BCUT2D eigenvalue weighted by atomic mass is 16.1. The molecule has 0 saturated heterocycles. The van der Waals surface area contributed by atoms with Crippen molar-refractivity contribution in [1.29, 1.82) is 0 Å². The van der Waals surface area contributed by atoms with Crippen LogP contribution >= 0.6 is 0 Å². The maximum absolute atomic E-state index is 12.1. The Hall–Kier alpha value is -2.50. The molecule has 1 N–H and O–H groups in total. The third-order valence-electron chi connectivity index (χ3n) is 3.08. The Morgan fingerprint density at radius 1 is 1.14 bits per heavy atom. The second-order valence-corrected chi connectivity index (χ2v) is 4.42. The highest BCUT2D eigenvalue weighted by Gasteiger charge is 2.11. The van der Waals surface area contributed by atoms with E-state index in [2.05, 4.69) is 20.3 Å². The minimum Gasteiger partial charge on any atom is -0.345 e. The molecular weight excluding hydrogens is 266 g/mol. The number of pyridine rings is 1. The van der Waals surface area contributed by atoms with Crippen LogP contribution < -0.4 is 10.2 Å². The van der Waals surface area contributed by atoms with Gasteiger partial charge < -0.3 is 10.2 Å². The number of nitrogens with one attached hydrogen (secondary N) is 1. The summed E-state index contributed by atoms with van der Waals surface area (Å²) in [6.45, 7) is 6.04. The lowest BCUT2D eigenvalue weighted by atomic mass is 10.3. The van der Waals surface area contributed by atoms with Crippen molar-refractivity contribution in [3.63, 3.8) is 0 Å². The zero-order valence-electron chi connectivity index (χ0n) is 12.3. The van der Waals surface area contributed by atoms with Gasteiger partial charge in [0, 0.05) is 25.5 Å². The standard InChI is InChI=1S/C15H19N5O/c1-3-20(4-2)15-17-10-8-13(19-15)14(21)18-11-12-7-5-6-9-16-12/h5-10H,3-4,11H2,1-2H3,(H,18,21). The molecule has 2 aromatic heterocycles. The van der Waals surface area contributed by atoms with E-state index < -0.39 is 0 Å². The lowest BCUT2D eigenvalue weighted by Gasteiger charge is -2.18. The molecule has 0 saturated carbocycles. The SMILES string of the molecule is CCN(CC)c1nccc(C(=O)NCc2ccccn2)n1. The molecule has 0 aliphatic heterocycles. The number of rotatable bonds is 6. The Morgan fingerprint density at radius 2 is 1.95 bits per heavy atom. The van der Waals surface area contributed by atoms with E-state index in [0.29, 0.717) is 18.2 Å². The van der Waals surface area contributed by atoms with Crippen LogP contribution in [0.25, 0.3) is 0 Å². The van der Waals surface area contributed by atoms with E-state index in [0.717, 1.165) is 18.8 Å². The molecule has 110 valence electrons. The van der Waals surface area contributed by atoms with Crippen molar-refractivity contribution in [2.75, 3.05) is 18.0 Å². The van der Waals surface area contributed by atoms with Gasteiger partial charge >= 0.3 is 0 Å². The van der Waals surface area contributed by atoms with Gasteiger partial charge in [-0.15, -0.1) is 0 Å². The van der Waals surface area contributed by atoms with Crippen molar-refractivity contribution in [3.8, 4) is 0 Å². The first-order chi connectivity index (χ1) is 10.2. The monoisotopic (exact) mass is 285 g/mol. The Kier molecular flexibility index (Phi) is 5.20. The molecule has 0 unspecified atom stereocenters. The Morgan fingerprint density at radius 3 is 2.62 bits per heavy atom. The third-order valence-corrected chi connectivity index (χ3v) is 3.08. The smallest absolute Gasteiger partial charge is 0.270 e. The van der Waals surface area contributed by atoms with Gasteiger partial charge in [0.1, 0.15) is 5.69 Å². The number of hydrogen-bond acceptors (Lipinski definition) is 5. The summed E-state index contributed by atoms with van der Waals surface area (Å²) in [5.74, 6) is 0.349. The van der Waals surface area contributed by atoms with Gasteiger partial charge in [-0.2, -0.15) is 0 Å². The molecule has 6 nitrogen and oxygen atoms in total. The minimum atomic E-state index is -0.226. The van der Waals surface area contributed by atoms with Crippen LogP contribution in [0.5, 0.6) is 0 Å². The summed E-state index contributed by atoms with van der Waals surface area (Å²) in [6, 6.07) is 7.20. The number of hydrogen-bond donors (Lipinski definition) is 1. The lowest BCUT2D eigenvalue weighted by molar-refractivity contribution is 0.0945. The molecule has 0 spiro atoms. The molecule has 2 aromatic rings. The van der Waals surface area contributed by atoms with Crippen molar-refractivity contribution in [2.24, 2.45) is 0 Å². The van der Waals surface area contributed by atoms with Crippen LogP contribution in [-0.4, -0.2) is 33.9 Å². The first kappa shape index (κ1) is 14.9. The van der Waals surface area contributed by atoms with Gasteiger partial charge in [0.2, 0.25) is 5.95 Å². The molecule has 0 aliphatic rings. The normalized spacial score (nSPS) is 10.2. The molecule has 0 aliphatic carbocycles. The van der Waals surface area contributed by atoms with Crippen LogP contribution in [0.15, 0.2) is 36.7 Å². The van der Waals surface area contributed by atoms with Crippen LogP contribution in [0.1, 0.15) is 30.0 Å². The van der Waals surface area contributed by atoms with E-state index in [1.54, 1.807) is 18.5 Å². The van der Waals surface area contributed by atoms with Crippen molar-refractivity contribution in [1.82, 2.24) is 20.3 Å². The number of aromatic nitrogens is 3. The predicted molar refractivity (Wildman–Crippen MR) is 81.0 cm³/mol. The van der Waals surface area contributed by atoms with E-state index in [-0.39, 0.29) is 5.91 Å². The summed E-state index contributed by atoms with van der Waals surface area (Å²) in [7, 11) is 0. The topological polar surface area (TPSA) is 71.0 Å². The largest absolute Gasteiger partial charge is 0.345 e. The zero-order valence-corrected chi connectivity index (χ0v) is 12.3. The summed E-state index contributed by atoms with van der Waals surface area (Å²) < 4.78 is 0. The second-order valence-electron chi connectivity index (χ2n) is 4.42. The van der Waals surface area contributed by atoms with Gasteiger partial charge in [-0.05, 0) is 32.0 Å². The molecule has 0 fully saturated rings. The fourth-order valence-electron chi connectivity index (χ4n) is 1.90. The van der Waals surface area contributed by atoms with Gasteiger partial charge in [-0.1, -0.05) is 6.07 Å². The van der Waals surface area contributed by atoms with Crippen LogP contribution in [0, 0.1) is 0 Å². The summed E-state index contributed by atoms with van der Waals surface area (Å²) in [6.07, 6.45) is 3.31. The third kappa shape index (κ3) is 3.98. The first-order valence-corrected chi connectivity index (χ1v) is 7.00. The van der Waals surface area contributed by atoms with E-state index >= 15 is 0 Å². The molecule has 6 heteroatoms. The van der Waals surface area contributed by atoms with Crippen LogP contribution in [-0.2, 0) is 6.54 Å². The fourth-order valence-corrected chi connectivity index (χ4v) is 1.90. The van der Waals surface area contributed by atoms with Crippen LogP contribution in [0.3, 0.4) is 0 Å². The van der Waals surface area contributed by atoms with Crippen LogP contribution in [0.2, 0.25) is 0 Å². The maximum Gasteiger partial charge on any atom is 0.270 e. The molecule has 0 atom stereocenters. The number of carbonyl (C=O) groups is 1. The fraction of sp³-hybridized carbons (Fsp3) is 0.333. The van der Waals surface area contributed by atoms with Crippen molar-refractivity contribution in [3.05, 3.63) is 48.0 Å². The average molecular weight is 285 g/mol. The number of carbonyl (C=O) groups excluding carboxylic acids is 1. The Labute approximate surface area is 124 Å². The van der Waals surface area contributed by atoms with Crippen molar-refractivity contribution in [2.45, 2.75) is 20.4 Å². The highest BCUT2D eigenvalue weighted by molar-refractivity contribution is 5.92. The van der Waals surface area contributed by atoms with Crippen molar-refractivity contribution < 1.29 is 4.79 Å². The molecule has 1 amide bonds. The zero-order chi connectivity index (χ0) is 15.1. The van der Waals surface area contributed by atoms with Crippen molar-refractivity contribution >= 4 is 11.9 Å². The van der Waals surface area contributed by atoms with Gasteiger partial charge in [0.25, 0.3) is 5.91 Å². The summed E-state index contributed by atoms with van der Waals surface area (Å²) in [5, 5.41) is 2.81. The van der Waals surface area contributed by atoms with Gasteiger partial charge in [0.05, 0.1) is 12.2 Å². The van der Waals surface area contributed by atoms with Gasteiger partial charge in [0.15, 0.2) is 0 Å². The molecular formula is C15H19N5O. The average Bonchev–Trinajstić information content (AvgIpc) is 2.55. The molecule has 0 aromatic carbocycles. The number of amides is 1. The lowest BCUT2D eigenvalue weighted by Crippen LogP contribution is -2.27. The summed E-state index contributed by atoms with van der Waals surface area (Å²) in [5.41, 5.74) is 1.17. The molecule has 2 heterocycles. The molecule has 2 rings (SSSR count). The van der Waals surface area contributed by atoms with E-state index in [4.69, 9.17) is 0 Å². The Balaban J connectivity index is 2.04. The summed E-state index contributed by atoms with van der Waals surface area (Å²) in [4.78, 5) is 26.8. The minimum absolute atomic E-state index is 0.226. The molecule has 0 bridgehead atoms. The van der Waals surface area contributed by atoms with E-state index in [9.17, 15) is 4.79 Å². The van der Waals surface area contributed by atoms with Crippen LogP contribution in [0.4, 0.5) is 5.95 Å². The van der Waals surface area contributed by atoms with Gasteiger partial charge in [-0.3, -0.25) is 9.78 Å². The highest BCUT2D eigenvalue weighted by Crippen LogP contribution is 2.07. The number of nitrogens with zero attached hydrogens (tertiary/aromatic N) is 4. The van der Waals surface area contributed by atoms with E-state index in [1.165, 1.54) is 0 Å². The number of anilines is 1. The Bertz CT molecular complexity index is 584.